The molecule has 3 rings (SSSR count). The number of nitrogens with zero attached hydrogens (tertiary/aromatic N) is 1. The molecule has 0 unspecified atom stereocenters. The highest BCUT2D eigenvalue weighted by Crippen LogP contribution is 2.24. The molecular weight excluding hydrogens is 522 g/mol. The van der Waals surface area contributed by atoms with Crippen LogP contribution in [0.15, 0.2) is 72.8 Å². The Morgan fingerprint density at radius 1 is 0.730 bits per heavy atom. The fourth-order valence-corrected chi connectivity index (χ4v) is 5.19. The highest BCUT2D eigenvalue weighted by Gasteiger charge is 2.27. The zero-order valence-corrected chi connectivity index (χ0v) is 20.8. The first-order valence-electron chi connectivity index (χ1n) is 10.8. The minimum atomic E-state index is -1.23. The molecule has 13 heteroatoms. The lowest BCUT2D eigenvalue weighted by Crippen LogP contribution is -2.46. The summed E-state index contributed by atoms with van der Waals surface area (Å²) in [5.41, 5.74) is 0.605. The van der Waals surface area contributed by atoms with Crippen LogP contribution in [0.2, 0.25) is 0 Å². The van der Waals surface area contributed by atoms with E-state index in [2.05, 4.69) is 10.6 Å². The summed E-state index contributed by atoms with van der Waals surface area (Å²) < 4.78 is 0.501. The van der Waals surface area contributed by atoms with Crippen molar-refractivity contribution in [2.24, 2.45) is 0 Å². The average molecular weight is 546 g/mol. The van der Waals surface area contributed by atoms with Crippen molar-refractivity contribution in [2.75, 3.05) is 11.5 Å². The Morgan fingerprint density at radius 2 is 1.16 bits per heavy atom. The molecule has 2 amide bonds. The third-order valence-corrected chi connectivity index (χ3v) is 7.22. The molecule has 2 atom stereocenters. The van der Waals surface area contributed by atoms with Crippen LogP contribution in [0.25, 0.3) is 0 Å². The van der Waals surface area contributed by atoms with Crippen molar-refractivity contribution in [1.29, 1.82) is 0 Å². The Balaban J connectivity index is 1.61. The van der Waals surface area contributed by atoms with Crippen LogP contribution in [-0.2, 0) is 9.59 Å². The first-order valence-corrected chi connectivity index (χ1v) is 13.3. The third-order valence-electron chi connectivity index (χ3n) is 4.80. The molecule has 37 heavy (non-hydrogen) atoms. The number of aromatic hydroxyl groups is 2. The summed E-state index contributed by atoms with van der Waals surface area (Å²) in [7, 11) is 2.13. The van der Waals surface area contributed by atoms with Crippen LogP contribution in [0.3, 0.4) is 0 Å². The van der Waals surface area contributed by atoms with E-state index in [0.717, 1.165) is 33.7 Å². The Labute approximate surface area is 219 Å². The Morgan fingerprint density at radius 3 is 1.62 bits per heavy atom. The summed E-state index contributed by atoms with van der Waals surface area (Å²) in [5, 5.41) is 34.0. The molecule has 2 aromatic carbocycles. The molecule has 0 radical (unpaired) electrons. The SMILES string of the molecule is O=C(N[C@@H](CSSC[C@H](NC(=O)c1ccccc1)C(=O)On1c(O)ccc1O)C(=O)O)c1ccccc1. The van der Waals surface area contributed by atoms with Crippen LogP contribution in [0.5, 0.6) is 11.8 Å². The minimum absolute atomic E-state index is 0.0356. The molecule has 0 aliphatic carbocycles. The van der Waals surface area contributed by atoms with Gasteiger partial charge in [-0.15, -0.1) is 4.73 Å². The van der Waals surface area contributed by atoms with Gasteiger partial charge in [0.1, 0.15) is 12.1 Å². The van der Waals surface area contributed by atoms with Crippen molar-refractivity contribution in [3.05, 3.63) is 83.9 Å². The van der Waals surface area contributed by atoms with Gasteiger partial charge in [0.2, 0.25) is 11.8 Å². The number of rotatable bonds is 12. The quantitative estimate of drug-likeness (QED) is 0.168. The topological polar surface area (TPSA) is 167 Å². The molecule has 0 bridgehead atoms. The number of hydrogen-bond acceptors (Lipinski definition) is 9. The van der Waals surface area contributed by atoms with E-state index >= 15 is 0 Å². The van der Waals surface area contributed by atoms with Gasteiger partial charge in [-0.05, 0) is 24.3 Å². The molecule has 0 aliphatic rings. The van der Waals surface area contributed by atoms with Gasteiger partial charge < -0.3 is 30.8 Å². The molecule has 0 saturated heterocycles. The molecule has 3 aromatic rings. The van der Waals surface area contributed by atoms with Crippen molar-refractivity contribution in [2.45, 2.75) is 12.1 Å². The third kappa shape index (κ3) is 7.95. The first kappa shape index (κ1) is 27.5. The molecule has 1 heterocycles. The van der Waals surface area contributed by atoms with E-state index < -0.39 is 47.6 Å². The van der Waals surface area contributed by atoms with Gasteiger partial charge in [0.15, 0.2) is 0 Å². The molecule has 11 nitrogen and oxygen atoms in total. The molecule has 1 aromatic heterocycles. The zero-order valence-electron chi connectivity index (χ0n) is 19.1. The highest BCUT2D eigenvalue weighted by molar-refractivity contribution is 8.76. The lowest BCUT2D eigenvalue weighted by atomic mass is 10.2. The van der Waals surface area contributed by atoms with Gasteiger partial charge in [-0.25, -0.2) is 9.59 Å². The number of carbonyl (C=O) groups excluding carboxylic acids is 3. The molecule has 5 N–H and O–H groups in total. The highest BCUT2D eigenvalue weighted by atomic mass is 33.1. The van der Waals surface area contributed by atoms with E-state index in [-0.39, 0.29) is 11.5 Å². The van der Waals surface area contributed by atoms with Crippen molar-refractivity contribution in [3.63, 3.8) is 0 Å². The molecule has 194 valence electrons. The number of benzene rings is 2. The van der Waals surface area contributed by atoms with E-state index in [0.29, 0.717) is 15.9 Å². The smallest absolute Gasteiger partial charge is 0.356 e. The standard InChI is InChI=1S/C24H23N3O8S2/c28-19-11-12-20(29)27(19)35-24(34)18(26-22(31)16-9-5-2-6-10-16)14-37-36-13-17(23(32)33)25-21(30)15-7-3-1-4-8-15/h1-12,17-18,28-29H,13-14H2,(H,25,30)(H,26,31)(H,32,33)/t17-,18-/m0/s1. The second-order valence-corrected chi connectivity index (χ2v) is 10.00. The summed E-state index contributed by atoms with van der Waals surface area (Å²) in [6, 6.07) is 16.1. The second kappa shape index (κ2) is 13.3. The van der Waals surface area contributed by atoms with Crippen molar-refractivity contribution < 1.29 is 39.3 Å². The maximum atomic E-state index is 12.8. The van der Waals surface area contributed by atoms with E-state index in [9.17, 15) is 34.5 Å². The lowest BCUT2D eigenvalue weighted by molar-refractivity contribution is -0.147. The lowest BCUT2D eigenvalue weighted by Gasteiger charge is -2.18. The minimum Gasteiger partial charge on any atom is -0.492 e. The maximum absolute atomic E-state index is 12.8. The average Bonchev–Trinajstić information content (AvgIpc) is 3.22. The zero-order chi connectivity index (χ0) is 26.8. The molecule has 0 aliphatic heterocycles. The molecule has 0 spiro atoms. The fraction of sp³-hybridized carbons (Fsp3) is 0.167. The predicted octanol–water partition coefficient (Wildman–Crippen LogP) is 1.92. The van der Waals surface area contributed by atoms with Crippen LogP contribution in [0, 0.1) is 0 Å². The molecule has 0 saturated carbocycles. The number of aromatic nitrogens is 1. The van der Waals surface area contributed by atoms with Crippen molar-refractivity contribution in [1.82, 2.24) is 15.4 Å². The van der Waals surface area contributed by atoms with E-state index in [4.69, 9.17) is 4.84 Å². The summed E-state index contributed by atoms with van der Waals surface area (Å²) in [4.78, 5) is 54.3. The number of hydrogen-bond donors (Lipinski definition) is 5. The molecule has 0 fully saturated rings. The van der Waals surface area contributed by atoms with Crippen LogP contribution in [0.4, 0.5) is 0 Å². The van der Waals surface area contributed by atoms with Crippen molar-refractivity contribution >= 4 is 45.3 Å². The van der Waals surface area contributed by atoms with Gasteiger partial charge in [0.25, 0.3) is 11.8 Å². The monoisotopic (exact) mass is 545 g/mol. The normalized spacial score (nSPS) is 12.2. The van der Waals surface area contributed by atoms with E-state index in [1.807, 2.05) is 0 Å². The van der Waals surface area contributed by atoms with Gasteiger partial charge in [-0.1, -0.05) is 58.0 Å². The van der Waals surface area contributed by atoms with Crippen LogP contribution in [0.1, 0.15) is 20.7 Å². The predicted molar refractivity (Wildman–Crippen MR) is 137 cm³/mol. The van der Waals surface area contributed by atoms with Gasteiger partial charge in [-0.2, -0.15) is 0 Å². The Kier molecular flexibility index (Phi) is 9.86. The number of amides is 2. The van der Waals surface area contributed by atoms with Crippen molar-refractivity contribution in [3.8, 4) is 11.8 Å². The largest absolute Gasteiger partial charge is 0.492 e. The maximum Gasteiger partial charge on any atom is 0.356 e. The van der Waals surface area contributed by atoms with Gasteiger partial charge in [-0.3, -0.25) is 9.59 Å². The number of aliphatic carboxylic acids is 1. The summed E-state index contributed by atoms with van der Waals surface area (Å²) in [6.45, 7) is 0. The number of nitrogens with one attached hydrogen (secondary N) is 2. The van der Waals surface area contributed by atoms with E-state index in [1.165, 1.54) is 0 Å². The van der Waals surface area contributed by atoms with Crippen LogP contribution >= 0.6 is 21.6 Å². The summed E-state index contributed by atoms with van der Waals surface area (Å²) in [6.07, 6.45) is 0. The second-order valence-electron chi connectivity index (χ2n) is 7.45. The Hall–Kier alpha value is -4.10. The number of carboxylic acids is 1. The summed E-state index contributed by atoms with van der Waals surface area (Å²) >= 11 is 0. The fourth-order valence-electron chi connectivity index (χ4n) is 2.89. The molecular formula is C24H23N3O8S2. The van der Waals surface area contributed by atoms with Gasteiger partial charge in [0.05, 0.1) is 0 Å². The Bertz CT molecular complexity index is 1220. The first-order chi connectivity index (χ1) is 17.8. The van der Waals surface area contributed by atoms with E-state index in [1.54, 1.807) is 60.7 Å². The number of carboxylic acid groups (broad SMARTS) is 1. The van der Waals surface area contributed by atoms with Crippen LogP contribution < -0.4 is 15.5 Å². The summed E-state index contributed by atoms with van der Waals surface area (Å²) in [5.74, 6) is -4.46. The number of carbonyl (C=O) groups is 4. The van der Waals surface area contributed by atoms with Crippen LogP contribution in [-0.4, -0.2) is 67.4 Å². The van der Waals surface area contributed by atoms with Gasteiger partial charge >= 0.3 is 11.9 Å². The van der Waals surface area contributed by atoms with Gasteiger partial charge in [0, 0.05) is 34.8 Å².